The molecule has 0 radical (unpaired) electrons. The normalized spacial score (nSPS) is 10.4. The second kappa shape index (κ2) is 6.56. The van der Waals surface area contributed by atoms with E-state index < -0.39 is 5.97 Å². The number of hydrogen-bond acceptors (Lipinski definition) is 3. The Labute approximate surface area is 139 Å². The Kier molecular flexibility index (Phi) is 4.98. The average molecular weight is 392 g/mol. The highest BCUT2D eigenvalue weighted by Crippen LogP contribution is 2.33. The molecule has 0 aliphatic heterocycles. The molecule has 0 unspecified atom stereocenters. The Morgan fingerprint density at radius 3 is 2.57 bits per heavy atom. The molecule has 0 aromatic heterocycles. The maximum Gasteiger partial charge on any atom is 0.339 e. The van der Waals surface area contributed by atoms with Crippen LogP contribution >= 0.6 is 39.1 Å². The SMILES string of the molecule is O=C(O)c1cc(OCc2ccc(Cl)cc2Cl)cc(Br)c1O. The molecule has 7 heteroatoms. The largest absolute Gasteiger partial charge is 0.506 e. The Hall–Kier alpha value is -1.43. The molecule has 0 bridgehead atoms. The topological polar surface area (TPSA) is 66.8 Å². The molecule has 2 aromatic rings. The van der Waals surface area contributed by atoms with Crippen molar-refractivity contribution in [2.75, 3.05) is 0 Å². The summed E-state index contributed by atoms with van der Waals surface area (Å²) in [5, 5.41) is 19.6. The highest BCUT2D eigenvalue weighted by Gasteiger charge is 2.15. The Bertz CT molecular complexity index is 704. The first-order chi connectivity index (χ1) is 9.88. The average Bonchev–Trinajstić information content (AvgIpc) is 2.41. The van der Waals surface area contributed by atoms with Crippen LogP contribution in [0.4, 0.5) is 0 Å². The third-order valence-corrected chi connectivity index (χ3v) is 3.87. The Morgan fingerprint density at radius 2 is 1.95 bits per heavy atom. The van der Waals surface area contributed by atoms with E-state index in [9.17, 15) is 9.90 Å². The minimum atomic E-state index is -1.25. The first kappa shape index (κ1) is 15.9. The van der Waals surface area contributed by atoms with Crippen LogP contribution in [-0.2, 0) is 6.61 Å². The highest BCUT2D eigenvalue weighted by molar-refractivity contribution is 9.10. The van der Waals surface area contributed by atoms with Crippen molar-refractivity contribution >= 4 is 45.1 Å². The number of carboxylic acids is 1. The van der Waals surface area contributed by atoms with Crippen LogP contribution in [0.25, 0.3) is 0 Å². The molecule has 0 heterocycles. The maximum absolute atomic E-state index is 11.0. The quantitative estimate of drug-likeness (QED) is 0.789. The van der Waals surface area contributed by atoms with E-state index in [-0.39, 0.29) is 22.4 Å². The zero-order chi connectivity index (χ0) is 15.6. The van der Waals surface area contributed by atoms with E-state index >= 15 is 0 Å². The number of aromatic carboxylic acids is 1. The Balaban J connectivity index is 2.22. The predicted molar refractivity (Wildman–Crippen MR) is 83.6 cm³/mol. The molecule has 0 aliphatic carbocycles. The van der Waals surface area contributed by atoms with Crippen LogP contribution in [0.2, 0.25) is 10.0 Å². The zero-order valence-electron chi connectivity index (χ0n) is 10.4. The van der Waals surface area contributed by atoms with Crippen LogP contribution in [0.1, 0.15) is 15.9 Å². The lowest BCUT2D eigenvalue weighted by molar-refractivity contribution is 0.0693. The van der Waals surface area contributed by atoms with Crippen LogP contribution in [0.5, 0.6) is 11.5 Å². The first-order valence-corrected chi connectivity index (χ1v) is 7.26. The second-order valence-corrected chi connectivity index (χ2v) is 5.83. The van der Waals surface area contributed by atoms with Gasteiger partial charge in [0.05, 0.1) is 4.47 Å². The molecule has 0 fully saturated rings. The summed E-state index contributed by atoms with van der Waals surface area (Å²) in [7, 11) is 0. The third-order valence-electron chi connectivity index (χ3n) is 2.68. The number of aromatic hydroxyl groups is 1. The van der Waals surface area contributed by atoms with Gasteiger partial charge < -0.3 is 14.9 Å². The van der Waals surface area contributed by atoms with Gasteiger partial charge in [0.15, 0.2) is 0 Å². The lowest BCUT2D eigenvalue weighted by Gasteiger charge is -2.10. The van der Waals surface area contributed by atoms with Crippen LogP contribution in [0, 0.1) is 0 Å². The second-order valence-electron chi connectivity index (χ2n) is 4.13. The van der Waals surface area contributed by atoms with Crippen LogP contribution in [0.3, 0.4) is 0 Å². The van der Waals surface area contributed by atoms with Gasteiger partial charge in [0.2, 0.25) is 0 Å². The van der Waals surface area contributed by atoms with E-state index in [1.54, 1.807) is 18.2 Å². The fraction of sp³-hybridized carbons (Fsp3) is 0.0714. The number of hydrogen-bond donors (Lipinski definition) is 2. The summed E-state index contributed by atoms with van der Waals surface area (Å²) in [5.74, 6) is -1.30. The van der Waals surface area contributed by atoms with Crippen LogP contribution < -0.4 is 4.74 Å². The smallest absolute Gasteiger partial charge is 0.339 e. The van der Waals surface area contributed by atoms with Crippen molar-refractivity contribution < 1.29 is 19.7 Å². The van der Waals surface area contributed by atoms with Gasteiger partial charge in [-0.15, -0.1) is 0 Å². The molecule has 2 N–H and O–H groups in total. The number of ether oxygens (including phenoxy) is 1. The maximum atomic E-state index is 11.0. The van der Waals surface area contributed by atoms with Gasteiger partial charge in [-0.1, -0.05) is 29.3 Å². The van der Waals surface area contributed by atoms with Gasteiger partial charge in [-0.3, -0.25) is 0 Å². The third kappa shape index (κ3) is 3.81. The van der Waals surface area contributed by atoms with Crippen molar-refractivity contribution in [1.82, 2.24) is 0 Å². The number of halogens is 3. The molecule has 0 aliphatic rings. The van der Waals surface area contributed by atoms with E-state index in [4.69, 9.17) is 33.0 Å². The highest BCUT2D eigenvalue weighted by atomic mass is 79.9. The monoisotopic (exact) mass is 390 g/mol. The molecule has 4 nitrogen and oxygen atoms in total. The number of phenols is 1. The number of carbonyl (C=O) groups is 1. The molecule has 2 rings (SSSR count). The molecular formula is C14H9BrCl2O4. The molecule has 0 saturated carbocycles. The molecule has 21 heavy (non-hydrogen) atoms. The lowest BCUT2D eigenvalue weighted by Crippen LogP contribution is -2.01. The number of carboxylic acid groups (broad SMARTS) is 1. The number of rotatable bonds is 4. The predicted octanol–water partition coefficient (Wildman–Crippen LogP) is 4.74. The van der Waals surface area contributed by atoms with Gasteiger partial charge in [-0.25, -0.2) is 4.79 Å². The van der Waals surface area contributed by atoms with E-state index in [2.05, 4.69) is 15.9 Å². The molecule has 2 aromatic carbocycles. The summed E-state index contributed by atoms with van der Waals surface area (Å²) in [6, 6.07) is 7.72. The summed E-state index contributed by atoms with van der Waals surface area (Å²) < 4.78 is 5.74. The summed E-state index contributed by atoms with van der Waals surface area (Å²) in [4.78, 5) is 11.0. The van der Waals surface area contributed by atoms with Crippen molar-refractivity contribution in [3.8, 4) is 11.5 Å². The van der Waals surface area contributed by atoms with Gasteiger partial charge >= 0.3 is 5.97 Å². The molecule has 0 atom stereocenters. The fourth-order valence-corrected chi connectivity index (χ4v) is 2.52. The first-order valence-electron chi connectivity index (χ1n) is 5.71. The van der Waals surface area contributed by atoms with E-state index in [0.717, 1.165) is 0 Å². The van der Waals surface area contributed by atoms with Crippen molar-refractivity contribution in [1.29, 1.82) is 0 Å². The molecule has 0 saturated heterocycles. The van der Waals surface area contributed by atoms with Crippen molar-refractivity contribution in [3.05, 3.63) is 56.0 Å². The minimum absolute atomic E-state index is 0.145. The summed E-state index contributed by atoms with van der Waals surface area (Å²) >= 11 is 14.9. The zero-order valence-corrected chi connectivity index (χ0v) is 13.5. The van der Waals surface area contributed by atoms with Gasteiger partial charge in [-0.05, 0) is 40.2 Å². The van der Waals surface area contributed by atoms with Crippen molar-refractivity contribution in [2.24, 2.45) is 0 Å². The minimum Gasteiger partial charge on any atom is -0.506 e. The molecular weight excluding hydrogens is 383 g/mol. The standard InChI is InChI=1S/C14H9BrCl2O4/c15-11-5-9(4-10(13(11)18)14(19)20)21-6-7-1-2-8(16)3-12(7)17/h1-5,18H,6H2,(H,19,20). The van der Waals surface area contributed by atoms with Gasteiger partial charge in [0.1, 0.15) is 23.7 Å². The van der Waals surface area contributed by atoms with E-state index in [1.807, 2.05) is 0 Å². The van der Waals surface area contributed by atoms with Gasteiger partial charge in [-0.2, -0.15) is 0 Å². The van der Waals surface area contributed by atoms with Crippen molar-refractivity contribution in [2.45, 2.75) is 6.61 Å². The van der Waals surface area contributed by atoms with Crippen molar-refractivity contribution in [3.63, 3.8) is 0 Å². The Morgan fingerprint density at radius 1 is 1.24 bits per heavy atom. The summed E-state index contributed by atoms with van der Waals surface area (Å²) in [6.07, 6.45) is 0. The molecule has 110 valence electrons. The number of benzene rings is 2. The summed E-state index contributed by atoms with van der Waals surface area (Å²) in [5.41, 5.74) is 0.462. The van der Waals surface area contributed by atoms with Crippen LogP contribution in [0.15, 0.2) is 34.8 Å². The van der Waals surface area contributed by atoms with Gasteiger partial charge in [0, 0.05) is 15.6 Å². The molecule has 0 spiro atoms. The van der Waals surface area contributed by atoms with Gasteiger partial charge in [0.25, 0.3) is 0 Å². The van der Waals surface area contributed by atoms with E-state index in [0.29, 0.717) is 21.4 Å². The lowest BCUT2D eigenvalue weighted by atomic mass is 10.2. The molecule has 0 amide bonds. The fourth-order valence-electron chi connectivity index (χ4n) is 1.62. The van der Waals surface area contributed by atoms with E-state index in [1.165, 1.54) is 12.1 Å². The van der Waals surface area contributed by atoms with Crippen LogP contribution in [-0.4, -0.2) is 16.2 Å². The summed E-state index contributed by atoms with van der Waals surface area (Å²) in [6.45, 7) is 0.145.